The summed E-state index contributed by atoms with van der Waals surface area (Å²) in [5, 5.41) is 11.6. The third-order valence-corrected chi connectivity index (χ3v) is 2.43. The van der Waals surface area contributed by atoms with Crippen molar-refractivity contribution in [1.82, 2.24) is 9.97 Å². The Balaban J connectivity index is 2.19. The van der Waals surface area contributed by atoms with Gasteiger partial charge in [0.15, 0.2) is 0 Å². The molecule has 0 aliphatic rings. The maximum absolute atomic E-state index is 11.9. The lowest BCUT2D eigenvalue weighted by molar-refractivity contribution is 0.0690. The van der Waals surface area contributed by atoms with Crippen LogP contribution in [0.1, 0.15) is 20.8 Å². The van der Waals surface area contributed by atoms with Crippen LogP contribution in [0.4, 0.5) is 5.69 Å². The number of nitrogens with one attached hydrogen (secondary N) is 1. The Bertz CT molecular complexity index is 646. The summed E-state index contributed by atoms with van der Waals surface area (Å²) in [6, 6.07) is 5.67. The lowest BCUT2D eigenvalue weighted by Crippen LogP contribution is -2.13. The summed E-state index contributed by atoms with van der Waals surface area (Å²) in [7, 11) is 0. The largest absolute Gasteiger partial charge is 0.477 e. The van der Waals surface area contributed by atoms with Crippen LogP contribution < -0.4 is 5.32 Å². The van der Waals surface area contributed by atoms with E-state index in [1.165, 1.54) is 36.7 Å². The molecule has 0 aromatic carbocycles. The number of carboxylic acid groups (broad SMARTS) is 1. The summed E-state index contributed by atoms with van der Waals surface area (Å²) in [5.74, 6) is -1.57. The number of hydrogen-bond donors (Lipinski definition) is 2. The molecule has 2 N–H and O–H groups in total. The van der Waals surface area contributed by atoms with E-state index in [4.69, 9.17) is 16.7 Å². The van der Waals surface area contributed by atoms with Crippen LogP contribution in [0.5, 0.6) is 0 Å². The summed E-state index contributed by atoms with van der Waals surface area (Å²) >= 11 is 5.68. The molecule has 6 nitrogen and oxygen atoms in total. The number of nitrogens with zero attached hydrogens (tertiary/aromatic N) is 2. The molecule has 19 heavy (non-hydrogen) atoms. The lowest BCUT2D eigenvalue weighted by atomic mass is 10.2. The molecule has 0 saturated heterocycles. The van der Waals surface area contributed by atoms with E-state index >= 15 is 0 Å². The number of aromatic nitrogens is 2. The van der Waals surface area contributed by atoms with Crippen LogP contribution in [-0.4, -0.2) is 27.0 Å². The van der Waals surface area contributed by atoms with Crippen molar-refractivity contribution in [1.29, 1.82) is 0 Å². The van der Waals surface area contributed by atoms with Crippen molar-refractivity contribution in [2.75, 3.05) is 5.32 Å². The molecule has 0 fully saturated rings. The van der Waals surface area contributed by atoms with E-state index in [2.05, 4.69) is 15.3 Å². The maximum Gasteiger partial charge on any atom is 0.354 e. The second-order valence-corrected chi connectivity index (χ2v) is 3.94. The summed E-state index contributed by atoms with van der Waals surface area (Å²) in [6.07, 6.45) is 2.71. The van der Waals surface area contributed by atoms with E-state index < -0.39 is 11.9 Å². The van der Waals surface area contributed by atoms with Gasteiger partial charge < -0.3 is 10.4 Å². The topological polar surface area (TPSA) is 92.2 Å². The van der Waals surface area contributed by atoms with Crippen molar-refractivity contribution in [3.05, 3.63) is 53.1 Å². The Kier molecular flexibility index (Phi) is 3.72. The summed E-state index contributed by atoms with van der Waals surface area (Å²) < 4.78 is 0. The van der Waals surface area contributed by atoms with Crippen molar-refractivity contribution >= 4 is 29.2 Å². The average molecular weight is 278 g/mol. The normalized spacial score (nSPS) is 9.95. The van der Waals surface area contributed by atoms with Gasteiger partial charge in [0.1, 0.15) is 10.8 Å². The van der Waals surface area contributed by atoms with Gasteiger partial charge >= 0.3 is 5.97 Å². The first-order valence-electron chi connectivity index (χ1n) is 5.18. The zero-order valence-corrected chi connectivity index (χ0v) is 10.3. The number of carboxylic acids is 1. The van der Waals surface area contributed by atoms with Gasteiger partial charge in [0.25, 0.3) is 5.91 Å². The minimum atomic E-state index is -1.16. The molecule has 2 aromatic rings. The monoisotopic (exact) mass is 277 g/mol. The van der Waals surface area contributed by atoms with Crippen LogP contribution in [0.2, 0.25) is 5.15 Å². The average Bonchev–Trinajstić information content (AvgIpc) is 2.39. The van der Waals surface area contributed by atoms with E-state index in [1.807, 2.05) is 0 Å². The molecule has 2 aromatic heterocycles. The van der Waals surface area contributed by atoms with Crippen molar-refractivity contribution < 1.29 is 14.7 Å². The van der Waals surface area contributed by atoms with Crippen LogP contribution in [0.3, 0.4) is 0 Å². The quantitative estimate of drug-likeness (QED) is 0.838. The highest BCUT2D eigenvalue weighted by Crippen LogP contribution is 2.12. The number of carbonyl (C=O) groups excluding carboxylic acids is 1. The predicted molar refractivity (Wildman–Crippen MR) is 68.4 cm³/mol. The van der Waals surface area contributed by atoms with Gasteiger partial charge in [-0.05, 0) is 24.3 Å². The SMILES string of the molecule is O=C(Nc1ccnc(C(=O)O)c1)c1ccnc(Cl)c1. The fourth-order valence-electron chi connectivity index (χ4n) is 1.37. The van der Waals surface area contributed by atoms with Crippen molar-refractivity contribution in [2.24, 2.45) is 0 Å². The Morgan fingerprint density at radius 2 is 1.89 bits per heavy atom. The van der Waals surface area contributed by atoms with Crippen molar-refractivity contribution in [2.45, 2.75) is 0 Å². The number of hydrogen-bond acceptors (Lipinski definition) is 4. The Morgan fingerprint density at radius 3 is 2.58 bits per heavy atom. The summed E-state index contributed by atoms with van der Waals surface area (Å²) in [5.41, 5.74) is 0.518. The van der Waals surface area contributed by atoms with E-state index in [9.17, 15) is 9.59 Å². The van der Waals surface area contributed by atoms with Gasteiger partial charge in [-0.15, -0.1) is 0 Å². The first-order valence-corrected chi connectivity index (χ1v) is 5.56. The third kappa shape index (κ3) is 3.26. The predicted octanol–water partition coefficient (Wildman–Crippen LogP) is 2.08. The summed E-state index contributed by atoms with van der Waals surface area (Å²) in [6.45, 7) is 0. The van der Waals surface area contributed by atoms with Crippen molar-refractivity contribution in [3.8, 4) is 0 Å². The van der Waals surface area contributed by atoms with E-state index in [-0.39, 0.29) is 10.8 Å². The Labute approximate surface area is 113 Å². The molecule has 1 amide bonds. The number of pyridine rings is 2. The molecule has 2 heterocycles. The highest BCUT2D eigenvalue weighted by molar-refractivity contribution is 6.29. The molecule has 0 unspecified atom stereocenters. The summed E-state index contributed by atoms with van der Waals surface area (Å²) in [4.78, 5) is 30.1. The Morgan fingerprint density at radius 1 is 1.16 bits per heavy atom. The molecule has 0 bridgehead atoms. The number of carbonyl (C=O) groups is 2. The standard InChI is InChI=1S/C12H8ClN3O3/c13-10-5-7(1-3-15-10)11(17)16-8-2-4-14-9(6-8)12(18)19/h1-6H,(H,18,19)(H,14,16,17). The molecule has 2 rings (SSSR count). The molecular weight excluding hydrogens is 270 g/mol. The number of anilines is 1. The van der Waals surface area contributed by atoms with Crippen LogP contribution >= 0.6 is 11.6 Å². The van der Waals surface area contributed by atoms with E-state index in [1.54, 1.807) is 0 Å². The molecule has 0 aliphatic heterocycles. The molecule has 0 aliphatic carbocycles. The van der Waals surface area contributed by atoms with Gasteiger partial charge in [-0.2, -0.15) is 0 Å². The number of rotatable bonds is 3. The van der Waals surface area contributed by atoms with Gasteiger partial charge in [0.05, 0.1) is 0 Å². The van der Waals surface area contributed by atoms with Gasteiger partial charge in [-0.3, -0.25) is 4.79 Å². The second kappa shape index (κ2) is 5.45. The van der Waals surface area contributed by atoms with Crippen LogP contribution in [-0.2, 0) is 0 Å². The molecule has 0 radical (unpaired) electrons. The van der Waals surface area contributed by atoms with Crippen LogP contribution in [0, 0.1) is 0 Å². The number of halogens is 1. The highest BCUT2D eigenvalue weighted by atomic mass is 35.5. The zero-order chi connectivity index (χ0) is 13.8. The number of aromatic carboxylic acids is 1. The van der Waals surface area contributed by atoms with Crippen LogP contribution in [0.15, 0.2) is 36.7 Å². The van der Waals surface area contributed by atoms with Gasteiger partial charge in [0.2, 0.25) is 0 Å². The van der Waals surface area contributed by atoms with Gasteiger partial charge in [0, 0.05) is 23.6 Å². The maximum atomic E-state index is 11.9. The number of amides is 1. The lowest BCUT2D eigenvalue weighted by Gasteiger charge is -2.05. The zero-order valence-electron chi connectivity index (χ0n) is 9.50. The smallest absolute Gasteiger partial charge is 0.354 e. The molecule has 0 atom stereocenters. The Hall–Kier alpha value is -2.47. The minimum absolute atomic E-state index is 0.148. The molecular formula is C12H8ClN3O3. The molecule has 0 spiro atoms. The van der Waals surface area contributed by atoms with Gasteiger partial charge in [-0.25, -0.2) is 14.8 Å². The van der Waals surface area contributed by atoms with E-state index in [0.717, 1.165) is 0 Å². The first kappa shape index (κ1) is 13.0. The molecule has 96 valence electrons. The first-order chi connectivity index (χ1) is 9.06. The van der Waals surface area contributed by atoms with Gasteiger partial charge in [-0.1, -0.05) is 11.6 Å². The molecule has 7 heteroatoms. The fourth-order valence-corrected chi connectivity index (χ4v) is 1.55. The molecule has 0 saturated carbocycles. The van der Waals surface area contributed by atoms with Crippen LogP contribution in [0.25, 0.3) is 0 Å². The minimum Gasteiger partial charge on any atom is -0.477 e. The fraction of sp³-hybridized carbons (Fsp3) is 0. The highest BCUT2D eigenvalue weighted by Gasteiger charge is 2.09. The second-order valence-electron chi connectivity index (χ2n) is 3.56. The van der Waals surface area contributed by atoms with Crippen molar-refractivity contribution in [3.63, 3.8) is 0 Å². The third-order valence-electron chi connectivity index (χ3n) is 2.23. The van der Waals surface area contributed by atoms with E-state index in [0.29, 0.717) is 11.3 Å².